The van der Waals surface area contributed by atoms with Crippen molar-refractivity contribution >= 4 is 0 Å². The maximum absolute atomic E-state index is 5.52. The van der Waals surface area contributed by atoms with E-state index in [-0.39, 0.29) is 0 Å². The molecule has 0 aromatic heterocycles. The van der Waals surface area contributed by atoms with E-state index in [1.165, 1.54) is 0 Å². The molecule has 0 aromatic carbocycles. The van der Waals surface area contributed by atoms with Crippen molar-refractivity contribution in [1.82, 2.24) is 9.80 Å². The molecule has 14 heavy (non-hydrogen) atoms. The Kier molecular flexibility index (Phi) is 5.40. The largest absolute Gasteiger partial charge is 0.378 e. The van der Waals surface area contributed by atoms with Gasteiger partial charge in [0, 0.05) is 19.1 Å². The third-order valence-electron chi connectivity index (χ3n) is 2.57. The Labute approximate surface area is 87.0 Å². The molecule has 0 amide bonds. The summed E-state index contributed by atoms with van der Waals surface area (Å²) in [4.78, 5) is 4.71. The highest BCUT2D eigenvalue weighted by molar-refractivity contribution is 4.77. The number of nitrogens with zero attached hydrogens (tertiary/aromatic N) is 2. The number of morpholine rings is 1. The molecule has 1 atom stereocenters. The van der Waals surface area contributed by atoms with Crippen molar-refractivity contribution in [3.63, 3.8) is 0 Å². The average Bonchev–Trinajstić information content (AvgIpc) is 2.16. The topological polar surface area (TPSA) is 41.7 Å². The van der Waals surface area contributed by atoms with Crippen molar-refractivity contribution in [3.8, 4) is 0 Å². The minimum Gasteiger partial charge on any atom is -0.378 e. The van der Waals surface area contributed by atoms with Crippen molar-refractivity contribution in [3.05, 3.63) is 0 Å². The lowest BCUT2D eigenvalue weighted by Crippen LogP contribution is -2.50. The molecular weight excluding hydrogens is 178 g/mol. The Morgan fingerprint density at radius 1 is 1.50 bits per heavy atom. The van der Waals surface area contributed by atoms with E-state index in [0.717, 1.165) is 45.8 Å². The highest BCUT2D eigenvalue weighted by Crippen LogP contribution is 2.07. The van der Waals surface area contributed by atoms with Gasteiger partial charge in [-0.25, -0.2) is 0 Å². The molecule has 4 heteroatoms. The molecule has 1 fully saturated rings. The molecule has 84 valence electrons. The van der Waals surface area contributed by atoms with Crippen LogP contribution in [0.2, 0.25) is 0 Å². The first-order valence-corrected chi connectivity index (χ1v) is 5.40. The predicted molar refractivity (Wildman–Crippen MR) is 58.4 cm³/mol. The van der Waals surface area contributed by atoms with Crippen molar-refractivity contribution in [2.75, 3.05) is 53.5 Å². The molecule has 4 nitrogen and oxygen atoms in total. The summed E-state index contributed by atoms with van der Waals surface area (Å²) in [5, 5.41) is 0. The highest BCUT2D eigenvalue weighted by Gasteiger charge is 2.22. The molecule has 0 aliphatic carbocycles. The SMILES string of the molecule is CN(C)CC1COCCN1CCCN. The van der Waals surface area contributed by atoms with Crippen LogP contribution in [0.15, 0.2) is 0 Å². The maximum Gasteiger partial charge on any atom is 0.0634 e. The van der Waals surface area contributed by atoms with E-state index in [0.29, 0.717) is 6.04 Å². The van der Waals surface area contributed by atoms with Gasteiger partial charge in [-0.3, -0.25) is 4.90 Å². The summed E-state index contributed by atoms with van der Waals surface area (Å²) < 4.78 is 5.49. The number of hydrogen-bond acceptors (Lipinski definition) is 4. The van der Waals surface area contributed by atoms with Crippen LogP contribution < -0.4 is 5.73 Å². The Balaban J connectivity index is 2.33. The highest BCUT2D eigenvalue weighted by atomic mass is 16.5. The van der Waals surface area contributed by atoms with Crippen LogP contribution in [0.3, 0.4) is 0 Å². The Bertz CT molecular complexity index is 152. The van der Waals surface area contributed by atoms with Crippen LogP contribution in [0.5, 0.6) is 0 Å². The second-order valence-electron chi connectivity index (χ2n) is 4.17. The summed E-state index contributed by atoms with van der Waals surface area (Å²) in [7, 11) is 4.21. The molecule has 1 unspecified atom stereocenters. The smallest absolute Gasteiger partial charge is 0.0634 e. The van der Waals surface area contributed by atoms with Crippen LogP contribution in [0, 0.1) is 0 Å². The van der Waals surface area contributed by atoms with Gasteiger partial charge in [-0.1, -0.05) is 0 Å². The zero-order valence-corrected chi connectivity index (χ0v) is 9.41. The fourth-order valence-electron chi connectivity index (χ4n) is 1.87. The lowest BCUT2D eigenvalue weighted by Gasteiger charge is -2.36. The zero-order valence-electron chi connectivity index (χ0n) is 9.41. The van der Waals surface area contributed by atoms with E-state index in [1.54, 1.807) is 0 Å². The summed E-state index contributed by atoms with van der Waals surface area (Å²) in [5.41, 5.74) is 5.52. The Morgan fingerprint density at radius 2 is 2.29 bits per heavy atom. The lowest BCUT2D eigenvalue weighted by molar-refractivity contribution is -0.0155. The quantitative estimate of drug-likeness (QED) is 0.657. The molecule has 0 spiro atoms. The molecule has 2 N–H and O–H groups in total. The van der Waals surface area contributed by atoms with E-state index in [2.05, 4.69) is 23.9 Å². The summed E-state index contributed by atoms with van der Waals surface area (Å²) in [6, 6.07) is 0.547. The van der Waals surface area contributed by atoms with Gasteiger partial charge in [-0.15, -0.1) is 0 Å². The number of hydrogen-bond donors (Lipinski definition) is 1. The van der Waals surface area contributed by atoms with Gasteiger partial charge in [-0.2, -0.15) is 0 Å². The van der Waals surface area contributed by atoms with Gasteiger partial charge in [0.1, 0.15) is 0 Å². The summed E-state index contributed by atoms with van der Waals surface area (Å²) in [6.07, 6.45) is 1.09. The summed E-state index contributed by atoms with van der Waals surface area (Å²) in [6.45, 7) is 5.75. The van der Waals surface area contributed by atoms with E-state index in [4.69, 9.17) is 10.5 Å². The number of ether oxygens (including phenoxy) is 1. The molecule has 1 aliphatic heterocycles. The summed E-state index contributed by atoms with van der Waals surface area (Å²) in [5.74, 6) is 0. The van der Waals surface area contributed by atoms with Crippen molar-refractivity contribution in [1.29, 1.82) is 0 Å². The van der Waals surface area contributed by atoms with E-state index in [1.807, 2.05) is 0 Å². The summed E-state index contributed by atoms with van der Waals surface area (Å²) >= 11 is 0. The molecular formula is C10H23N3O. The van der Waals surface area contributed by atoms with Crippen LogP contribution in [-0.2, 0) is 4.74 Å². The second kappa shape index (κ2) is 6.35. The minimum absolute atomic E-state index is 0.547. The first kappa shape index (κ1) is 11.9. The van der Waals surface area contributed by atoms with Gasteiger partial charge in [0.05, 0.1) is 13.2 Å². The third-order valence-corrected chi connectivity index (χ3v) is 2.57. The van der Waals surface area contributed by atoms with Crippen LogP contribution >= 0.6 is 0 Å². The molecule has 1 saturated heterocycles. The third kappa shape index (κ3) is 3.92. The van der Waals surface area contributed by atoms with Gasteiger partial charge in [0.2, 0.25) is 0 Å². The normalized spacial score (nSPS) is 24.4. The van der Waals surface area contributed by atoms with Gasteiger partial charge in [0.15, 0.2) is 0 Å². The monoisotopic (exact) mass is 201 g/mol. The number of rotatable bonds is 5. The fourth-order valence-corrected chi connectivity index (χ4v) is 1.87. The molecule has 0 saturated carbocycles. The van der Waals surface area contributed by atoms with Crippen LogP contribution in [-0.4, -0.2) is 69.3 Å². The van der Waals surface area contributed by atoms with E-state index in [9.17, 15) is 0 Å². The van der Waals surface area contributed by atoms with Gasteiger partial charge >= 0.3 is 0 Å². The molecule has 0 bridgehead atoms. The molecule has 0 radical (unpaired) electrons. The Morgan fingerprint density at radius 3 is 2.93 bits per heavy atom. The zero-order chi connectivity index (χ0) is 10.4. The predicted octanol–water partition coefficient (Wildman–Crippen LogP) is -0.402. The minimum atomic E-state index is 0.547. The maximum atomic E-state index is 5.52. The van der Waals surface area contributed by atoms with Crippen molar-refractivity contribution in [2.24, 2.45) is 5.73 Å². The van der Waals surface area contributed by atoms with Crippen LogP contribution in [0.4, 0.5) is 0 Å². The Hall–Kier alpha value is -0.160. The van der Waals surface area contributed by atoms with Gasteiger partial charge in [0.25, 0.3) is 0 Å². The van der Waals surface area contributed by atoms with E-state index < -0.39 is 0 Å². The standard InChI is InChI=1S/C10H23N3O/c1-12(2)8-10-9-14-7-6-13(10)5-3-4-11/h10H,3-9,11H2,1-2H3. The molecule has 1 aliphatic rings. The van der Waals surface area contributed by atoms with Crippen molar-refractivity contribution in [2.45, 2.75) is 12.5 Å². The molecule has 1 rings (SSSR count). The van der Waals surface area contributed by atoms with Crippen molar-refractivity contribution < 1.29 is 4.74 Å². The fraction of sp³-hybridized carbons (Fsp3) is 1.00. The number of likely N-dealkylation sites (N-methyl/N-ethyl adjacent to an activating group) is 1. The second-order valence-corrected chi connectivity index (χ2v) is 4.17. The van der Waals surface area contributed by atoms with E-state index >= 15 is 0 Å². The molecule has 1 heterocycles. The van der Waals surface area contributed by atoms with Crippen LogP contribution in [0.1, 0.15) is 6.42 Å². The first-order chi connectivity index (χ1) is 6.74. The first-order valence-electron chi connectivity index (χ1n) is 5.40. The van der Waals surface area contributed by atoms with Gasteiger partial charge in [-0.05, 0) is 33.6 Å². The van der Waals surface area contributed by atoms with Crippen LogP contribution in [0.25, 0.3) is 0 Å². The van der Waals surface area contributed by atoms with Gasteiger partial charge < -0.3 is 15.4 Å². The average molecular weight is 201 g/mol. The molecule has 0 aromatic rings. The number of nitrogens with two attached hydrogens (primary N) is 1. The lowest BCUT2D eigenvalue weighted by atomic mass is 10.2.